The molecule has 2 heterocycles. The fourth-order valence-corrected chi connectivity index (χ4v) is 3.60. The van der Waals surface area contributed by atoms with Gasteiger partial charge in [0.05, 0.1) is 0 Å². The Labute approximate surface area is 137 Å². The number of hydrogen-bond donors (Lipinski definition) is 1. The van der Waals surface area contributed by atoms with E-state index in [1.807, 2.05) is 35.2 Å². The minimum absolute atomic E-state index is 0.0164. The van der Waals surface area contributed by atoms with Gasteiger partial charge in [-0.2, -0.15) is 0 Å². The van der Waals surface area contributed by atoms with Crippen LogP contribution in [0.2, 0.25) is 0 Å². The van der Waals surface area contributed by atoms with Crippen LogP contribution < -0.4 is 5.73 Å². The normalized spacial score (nSPS) is 27.5. The standard InChI is InChI=1S/C18H25N3O2/c1-18(12-19)9-11-20(13-18)17(23)15-8-5-10-21(15)16(22)14-6-3-2-4-7-14/h2-4,6-7,15H,5,8-13,19H2,1H3. The molecule has 0 saturated carbocycles. The van der Waals surface area contributed by atoms with Gasteiger partial charge in [0.25, 0.3) is 5.91 Å². The molecule has 2 fully saturated rings. The first kappa shape index (κ1) is 16.0. The van der Waals surface area contributed by atoms with E-state index in [-0.39, 0.29) is 23.3 Å². The number of carbonyl (C=O) groups is 2. The summed E-state index contributed by atoms with van der Waals surface area (Å²) in [6.07, 6.45) is 2.58. The maximum absolute atomic E-state index is 12.9. The number of likely N-dealkylation sites (tertiary alicyclic amines) is 2. The summed E-state index contributed by atoms with van der Waals surface area (Å²) in [6.45, 7) is 4.82. The fraction of sp³-hybridized carbons (Fsp3) is 0.556. The summed E-state index contributed by atoms with van der Waals surface area (Å²) in [6, 6.07) is 8.90. The van der Waals surface area contributed by atoms with Crippen LogP contribution in [0.4, 0.5) is 0 Å². The van der Waals surface area contributed by atoms with Crippen LogP contribution in [0.3, 0.4) is 0 Å². The lowest BCUT2D eigenvalue weighted by Gasteiger charge is -2.29. The molecule has 2 N–H and O–H groups in total. The van der Waals surface area contributed by atoms with Crippen molar-refractivity contribution >= 4 is 11.8 Å². The highest BCUT2D eigenvalue weighted by Crippen LogP contribution is 2.31. The Hall–Kier alpha value is -1.88. The SMILES string of the molecule is CC1(CN)CCN(C(=O)C2CCCN2C(=O)c2ccccc2)C1. The lowest BCUT2D eigenvalue weighted by Crippen LogP contribution is -2.47. The first-order valence-electron chi connectivity index (χ1n) is 8.39. The van der Waals surface area contributed by atoms with Gasteiger partial charge in [0, 0.05) is 25.2 Å². The first-order valence-corrected chi connectivity index (χ1v) is 8.39. The lowest BCUT2D eigenvalue weighted by molar-refractivity contribution is -0.134. The second-order valence-corrected chi connectivity index (χ2v) is 7.05. The third-order valence-electron chi connectivity index (χ3n) is 5.18. The lowest BCUT2D eigenvalue weighted by atomic mass is 9.90. The predicted molar refractivity (Wildman–Crippen MR) is 88.9 cm³/mol. The zero-order valence-corrected chi connectivity index (χ0v) is 13.7. The third-order valence-corrected chi connectivity index (χ3v) is 5.18. The van der Waals surface area contributed by atoms with E-state index < -0.39 is 0 Å². The maximum atomic E-state index is 12.9. The van der Waals surface area contributed by atoms with E-state index in [4.69, 9.17) is 5.73 Å². The zero-order valence-electron chi connectivity index (χ0n) is 13.7. The van der Waals surface area contributed by atoms with Crippen LogP contribution in [0.25, 0.3) is 0 Å². The van der Waals surface area contributed by atoms with Crippen molar-refractivity contribution in [3.63, 3.8) is 0 Å². The van der Waals surface area contributed by atoms with Crippen molar-refractivity contribution in [1.29, 1.82) is 0 Å². The highest BCUT2D eigenvalue weighted by atomic mass is 16.2. The van der Waals surface area contributed by atoms with Gasteiger partial charge in [0.15, 0.2) is 0 Å². The number of nitrogens with two attached hydrogens (primary N) is 1. The van der Waals surface area contributed by atoms with Gasteiger partial charge in [0.2, 0.25) is 5.91 Å². The Kier molecular flexibility index (Phi) is 4.39. The molecule has 0 aliphatic carbocycles. The van der Waals surface area contributed by atoms with E-state index >= 15 is 0 Å². The van der Waals surface area contributed by atoms with E-state index in [1.165, 1.54) is 0 Å². The minimum Gasteiger partial charge on any atom is -0.340 e. The molecule has 2 saturated heterocycles. The van der Waals surface area contributed by atoms with Crippen molar-refractivity contribution < 1.29 is 9.59 Å². The molecule has 0 radical (unpaired) electrons. The van der Waals surface area contributed by atoms with E-state index in [9.17, 15) is 9.59 Å². The molecular formula is C18H25N3O2. The van der Waals surface area contributed by atoms with Crippen molar-refractivity contribution in [1.82, 2.24) is 9.80 Å². The summed E-state index contributed by atoms with van der Waals surface area (Å²) in [5.74, 6) is 0.0474. The molecule has 2 aliphatic heterocycles. The molecule has 1 aromatic rings. The monoisotopic (exact) mass is 315 g/mol. The average molecular weight is 315 g/mol. The Bertz CT molecular complexity index is 589. The Morgan fingerprint density at radius 1 is 1.26 bits per heavy atom. The molecule has 2 atom stereocenters. The van der Waals surface area contributed by atoms with Crippen LogP contribution in [-0.2, 0) is 4.79 Å². The molecule has 2 aliphatic rings. The quantitative estimate of drug-likeness (QED) is 0.919. The third kappa shape index (κ3) is 3.11. The number of hydrogen-bond acceptors (Lipinski definition) is 3. The highest BCUT2D eigenvalue weighted by Gasteiger charge is 2.41. The van der Waals surface area contributed by atoms with Crippen molar-refractivity contribution in [3.8, 4) is 0 Å². The first-order chi connectivity index (χ1) is 11.0. The second-order valence-electron chi connectivity index (χ2n) is 7.05. The van der Waals surface area contributed by atoms with Crippen LogP contribution in [0, 0.1) is 5.41 Å². The van der Waals surface area contributed by atoms with Gasteiger partial charge in [-0.1, -0.05) is 25.1 Å². The van der Waals surface area contributed by atoms with Gasteiger partial charge in [-0.3, -0.25) is 9.59 Å². The van der Waals surface area contributed by atoms with Gasteiger partial charge in [0.1, 0.15) is 6.04 Å². The van der Waals surface area contributed by atoms with E-state index in [0.717, 1.165) is 25.8 Å². The molecule has 0 bridgehead atoms. The molecule has 5 nitrogen and oxygen atoms in total. The van der Waals surface area contributed by atoms with Gasteiger partial charge in [-0.05, 0) is 43.4 Å². The molecule has 124 valence electrons. The Morgan fingerprint density at radius 2 is 2.00 bits per heavy atom. The molecular weight excluding hydrogens is 290 g/mol. The van der Waals surface area contributed by atoms with Crippen LogP contribution in [-0.4, -0.2) is 53.8 Å². The largest absolute Gasteiger partial charge is 0.340 e. The average Bonchev–Trinajstić information content (AvgIpc) is 3.22. The Morgan fingerprint density at radius 3 is 2.65 bits per heavy atom. The van der Waals surface area contributed by atoms with Crippen LogP contribution in [0.5, 0.6) is 0 Å². The van der Waals surface area contributed by atoms with E-state index in [0.29, 0.717) is 25.2 Å². The number of rotatable bonds is 3. The number of benzene rings is 1. The van der Waals surface area contributed by atoms with Gasteiger partial charge in [-0.15, -0.1) is 0 Å². The summed E-state index contributed by atoms with van der Waals surface area (Å²) >= 11 is 0. The van der Waals surface area contributed by atoms with Crippen LogP contribution >= 0.6 is 0 Å². The van der Waals surface area contributed by atoms with Crippen molar-refractivity contribution in [2.24, 2.45) is 11.1 Å². The molecule has 1 aromatic carbocycles. The molecule has 3 rings (SSSR count). The fourth-order valence-electron chi connectivity index (χ4n) is 3.60. The maximum Gasteiger partial charge on any atom is 0.254 e. The highest BCUT2D eigenvalue weighted by molar-refractivity contribution is 5.98. The number of nitrogens with zero attached hydrogens (tertiary/aromatic N) is 2. The van der Waals surface area contributed by atoms with Crippen LogP contribution in [0.1, 0.15) is 36.5 Å². The topological polar surface area (TPSA) is 66.6 Å². The van der Waals surface area contributed by atoms with E-state index in [1.54, 1.807) is 4.90 Å². The summed E-state index contributed by atoms with van der Waals surface area (Å²) in [5, 5.41) is 0. The van der Waals surface area contributed by atoms with Gasteiger partial charge >= 0.3 is 0 Å². The smallest absolute Gasteiger partial charge is 0.254 e. The van der Waals surface area contributed by atoms with E-state index in [2.05, 4.69) is 6.92 Å². The van der Waals surface area contributed by atoms with Crippen molar-refractivity contribution in [2.75, 3.05) is 26.2 Å². The summed E-state index contributed by atoms with van der Waals surface area (Å²) in [5.41, 5.74) is 6.50. The summed E-state index contributed by atoms with van der Waals surface area (Å²) in [4.78, 5) is 29.2. The van der Waals surface area contributed by atoms with Gasteiger partial charge < -0.3 is 15.5 Å². The summed E-state index contributed by atoms with van der Waals surface area (Å²) in [7, 11) is 0. The predicted octanol–water partition coefficient (Wildman–Crippen LogP) is 1.49. The summed E-state index contributed by atoms with van der Waals surface area (Å²) < 4.78 is 0. The second kappa shape index (κ2) is 6.32. The Balaban J connectivity index is 1.72. The van der Waals surface area contributed by atoms with Crippen LogP contribution in [0.15, 0.2) is 30.3 Å². The van der Waals surface area contributed by atoms with Gasteiger partial charge in [-0.25, -0.2) is 0 Å². The van der Waals surface area contributed by atoms with Crippen molar-refractivity contribution in [2.45, 2.75) is 32.2 Å². The van der Waals surface area contributed by atoms with Crippen molar-refractivity contribution in [3.05, 3.63) is 35.9 Å². The molecule has 5 heteroatoms. The zero-order chi connectivity index (χ0) is 16.4. The molecule has 23 heavy (non-hydrogen) atoms. The number of amides is 2. The molecule has 2 amide bonds. The molecule has 0 aromatic heterocycles. The molecule has 2 unspecified atom stereocenters. The minimum atomic E-state index is -0.317. The molecule has 0 spiro atoms. The number of carbonyl (C=O) groups excluding carboxylic acids is 2.